The van der Waals surface area contributed by atoms with E-state index in [2.05, 4.69) is 242 Å². The number of thiophene rings is 1. The number of nitrogens with one attached hydrogen (secondary N) is 1. The first kappa shape index (κ1) is 40.2. The van der Waals surface area contributed by atoms with Crippen LogP contribution in [0.1, 0.15) is 22.9 Å². The van der Waals surface area contributed by atoms with Gasteiger partial charge < -0.3 is 9.73 Å². The van der Waals surface area contributed by atoms with Crippen LogP contribution in [0.4, 0.5) is 0 Å². The number of amidine groups is 2. The molecule has 0 aliphatic carbocycles. The fraction of sp³-hybridized carbons (Fsp3) is 0.0154. The number of nitrogens with zero attached hydrogens (tertiary/aromatic N) is 2. The Kier molecular flexibility index (Phi) is 9.42. The highest BCUT2D eigenvalue weighted by molar-refractivity contribution is 7.25. The Labute approximate surface area is 408 Å². The van der Waals surface area contributed by atoms with E-state index >= 15 is 0 Å². The molecule has 0 saturated heterocycles. The van der Waals surface area contributed by atoms with Crippen LogP contribution >= 0.6 is 11.3 Å². The first-order chi connectivity index (χ1) is 34.7. The summed E-state index contributed by atoms with van der Waals surface area (Å²) in [5, 5.41) is 13.1. The lowest BCUT2D eigenvalue weighted by Crippen LogP contribution is -2.33. The second-order valence-electron chi connectivity index (χ2n) is 18.1. The number of benzene rings is 11. The van der Waals surface area contributed by atoms with Crippen LogP contribution in [0.2, 0.25) is 0 Å². The maximum Gasteiger partial charge on any atom is 0.159 e. The summed E-state index contributed by atoms with van der Waals surface area (Å²) in [4.78, 5) is 10.7. The predicted octanol–water partition coefficient (Wildman–Crippen LogP) is 17.4. The molecule has 14 rings (SSSR count). The van der Waals surface area contributed by atoms with Gasteiger partial charge >= 0.3 is 0 Å². The van der Waals surface area contributed by atoms with Gasteiger partial charge in [-0.15, -0.1) is 11.3 Å². The maximum absolute atomic E-state index is 7.00. The van der Waals surface area contributed by atoms with Gasteiger partial charge in [0.2, 0.25) is 0 Å². The van der Waals surface area contributed by atoms with Crippen LogP contribution in [0.25, 0.3) is 108 Å². The lowest BCUT2D eigenvalue weighted by atomic mass is 9.89. The summed E-state index contributed by atoms with van der Waals surface area (Å²) in [6.07, 6.45) is -0.370. The highest BCUT2D eigenvalue weighted by Crippen LogP contribution is 2.45. The van der Waals surface area contributed by atoms with E-state index in [9.17, 15) is 0 Å². The number of furan rings is 1. The van der Waals surface area contributed by atoms with Crippen molar-refractivity contribution >= 4 is 86.7 Å². The molecule has 1 aliphatic rings. The molecule has 5 heteroatoms. The number of hydrogen-bond acceptors (Lipinski definition) is 5. The quantitative estimate of drug-likeness (QED) is 0.173. The lowest BCUT2D eigenvalue weighted by Gasteiger charge is -2.25. The minimum Gasteiger partial charge on any atom is -0.455 e. The topological polar surface area (TPSA) is 49.9 Å². The van der Waals surface area contributed by atoms with Crippen LogP contribution < -0.4 is 5.32 Å². The van der Waals surface area contributed by atoms with Gasteiger partial charge in [-0.2, -0.15) is 0 Å². The molecule has 0 spiro atoms. The molecule has 0 radical (unpaired) electrons. The molecule has 0 amide bonds. The molecule has 4 nitrogen and oxygen atoms in total. The van der Waals surface area contributed by atoms with Gasteiger partial charge in [-0.05, 0) is 96.4 Å². The van der Waals surface area contributed by atoms with E-state index in [-0.39, 0.29) is 6.17 Å². The molecule has 3 heterocycles. The Morgan fingerprint density at radius 2 is 0.929 bits per heavy atom. The van der Waals surface area contributed by atoms with Gasteiger partial charge in [-0.1, -0.05) is 206 Å². The van der Waals surface area contributed by atoms with Crippen molar-refractivity contribution in [3.63, 3.8) is 0 Å². The van der Waals surface area contributed by atoms with E-state index in [0.29, 0.717) is 5.84 Å². The smallest absolute Gasteiger partial charge is 0.159 e. The Morgan fingerprint density at radius 1 is 0.386 bits per heavy atom. The first-order valence-corrected chi connectivity index (χ1v) is 24.5. The van der Waals surface area contributed by atoms with E-state index in [4.69, 9.17) is 14.4 Å². The molecule has 0 fully saturated rings. The number of fused-ring (bicyclic) bond motifs is 8. The zero-order valence-corrected chi connectivity index (χ0v) is 38.6. The summed E-state index contributed by atoms with van der Waals surface area (Å²) in [6.45, 7) is 0. The van der Waals surface area contributed by atoms with Gasteiger partial charge in [0.25, 0.3) is 0 Å². The molecule has 2 aromatic heterocycles. The molecule has 13 aromatic rings. The van der Waals surface area contributed by atoms with Gasteiger partial charge in [0.15, 0.2) is 5.84 Å². The first-order valence-electron chi connectivity index (χ1n) is 23.7. The average molecular weight is 912 g/mol. The van der Waals surface area contributed by atoms with E-state index in [1.165, 1.54) is 42.2 Å². The third-order valence-electron chi connectivity index (χ3n) is 14.0. The summed E-state index contributed by atoms with van der Waals surface area (Å²) < 4.78 is 9.52. The Balaban J connectivity index is 0.920. The summed E-state index contributed by atoms with van der Waals surface area (Å²) >= 11 is 1.82. The van der Waals surface area contributed by atoms with E-state index < -0.39 is 0 Å². The van der Waals surface area contributed by atoms with Gasteiger partial charge in [-0.3, -0.25) is 0 Å². The van der Waals surface area contributed by atoms with Gasteiger partial charge in [-0.25, -0.2) is 9.98 Å². The highest BCUT2D eigenvalue weighted by Gasteiger charge is 2.25. The molecule has 0 bridgehead atoms. The fourth-order valence-electron chi connectivity index (χ4n) is 10.5. The average Bonchev–Trinajstić information content (AvgIpc) is 4.00. The second kappa shape index (κ2) is 16.4. The Hall–Kier alpha value is -8.90. The van der Waals surface area contributed by atoms with Crippen molar-refractivity contribution < 1.29 is 4.42 Å². The molecule has 1 unspecified atom stereocenters. The number of hydrogen-bond donors (Lipinski definition) is 1. The van der Waals surface area contributed by atoms with Crippen molar-refractivity contribution in [3.8, 4) is 44.5 Å². The largest absolute Gasteiger partial charge is 0.455 e. The minimum absolute atomic E-state index is 0.370. The maximum atomic E-state index is 7.00. The summed E-state index contributed by atoms with van der Waals surface area (Å²) in [6, 6.07) is 84.6. The van der Waals surface area contributed by atoms with E-state index in [1.807, 2.05) is 11.3 Å². The van der Waals surface area contributed by atoms with Crippen LogP contribution in [-0.2, 0) is 0 Å². The monoisotopic (exact) mass is 911 g/mol. The van der Waals surface area contributed by atoms with E-state index in [1.54, 1.807) is 0 Å². The van der Waals surface area contributed by atoms with Crippen molar-refractivity contribution in [2.75, 3.05) is 0 Å². The molecule has 1 N–H and O–H groups in total. The van der Waals surface area contributed by atoms with Gasteiger partial charge in [0.1, 0.15) is 23.2 Å². The SMILES string of the molecule is c1ccc(-c2ccc(C3=NC(c4ccc5c(c4)sc4ccccc45)NC(c4ccc(-c5ccc(-c6ccc(-c7ccccc7)cc6)c6oc7cc8ccccc8cc7c56)c5ccccc45)=N3)cc2)cc1. The van der Waals surface area contributed by atoms with Crippen molar-refractivity contribution in [1.29, 1.82) is 0 Å². The molecule has 0 saturated carbocycles. The molecule has 328 valence electrons. The summed E-state index contributed by atoms with van der Waals surface area (Å²) in [7, 11) is 0. The Morgan fingerprint density at radius 3 is 1.66 bits per heavy atom. The normalized spacial score (nSPS) is 13.9. The van der Waals surface area contributed by atoms with E-state index in [0.717, 1.165) is 88.4 Å². The second-order valence-corrected chi connectivity index (χ2v) is 19.2. The number of rotatable bonds is 7. The summed E-state index contributed by atoms with van der Waals surface area (Å²) in [5.74, 6) is 1.47. The number of aliphatic imine (C=N–C) groups is 2. The predicted molar refractivity (Wildman–Crippen MR) is 295 cm³/mol. The molecule has 11 aromatic carbocycles. The molecule has 1 atom stereocenters. The minimum atomic E-state index is -0.370. The standard InChI is InChI=1S/C65H41N3OS/c1-3-13-40(14-4-1)42-23-27-44(28-24-42)49-33-35-55(61-57-37-46-17-7-8-18-47(46)38-58(57)69-62(49)61)52-34-36-56(51-20-10-9-19-50(51)52)65-67-63(45-29-25-43(26-30-45)41-15-5-2-6-16-41)66-64(68-65)48-31-32-54-53-21-11-12-22-59(53)70-60(54)39-48/h1-39,64H,(H,66,67,68). The van der Waals surface area contributed by atoms with Crippen LogP contribution in [0.5, 0.6) is 0 Å². The molecule has 1 aliphatic heterocycles. The van der Waals surface area contributed by atoms with Gasteiger partial charge in [0.05, 0.1) is 0 Å². The highest BCUT2D eigenvalue weighted by atomic mass is 32.1. The van der Waals surface area contributed by atoms with Crippen LogP contribution in [-0.4, -0.2) is 11.7 Å². The van der Waals surface area contributed by atoms with Crippen LogP contribution in [0.3, 0.4) is 0 Å². The molecule has 70 heavy (non-hydrogen) atoms. The van der Waals surface area contributed by atoms with Crippen molar-refractivity contribution in [2.24, 2.45) is 9.98 Å². The lowest BCUT2D eigenvalue weighted by molar-refractivity contribution is 0.670. The third-order valence-corrected chi connectivity index (χ3v) is 15.1. The van der Waals surface area contributed by atoms with Crippen LogP contribution in [0, 0.1) is 0 Å². The van der Waals surface area contributed by atoms with Gasteiger partial charge in [0, 0.05) is 47.6 Å². The summed E-state index contributed by atoms with van der Waals surface area (Å²) in [5.41, 5.74) is 13.9. The van der Waals surface area contributed by atoms with Crippen molar-refractivity contribution in [2.45, 2.75) is 6.17 Å². The zero-order valence-electron chi connectivity index (χ0n) is 37.8. The molecular formula is C65H41N3OS. The fourth-order valence-corrected chi connectivity index (χ4v) is 11.6. The molecular weight excluding hydrogens is 871 g/mol. The van der Waals surface area contributed by atoms with Crippen molar-refractivity contribution in [3.05, 3.63) is 253 Å². The third kappa shape index (κ3) is 6.81. The van der Waals surface area contributed by atoms with Crippen LogP contribution in [0.15, 0.2) is 251 Å². The zero-order chi connectivity index (χ0) is 46.1. The van der Waals surface area contributed by atoms with Crippen molar-refractivity contribution in [1.82, 2.24) is 5.32 Å². The Bertz CT molecular complexity index is 4240.